The van der Waals surface area contributed by atoms with E-state index in [4.69, 9.17) is 4.74 Å². The van der Waals surface area contributed by atoms with Crippen LogP contribution in [0.5, 0.6) is 0 Å². The molecule has 58 heavy (non-hydrogen) atoms. The SMILES string of the molecule is CC[Si](CC)(C1C(C)C(CCCCCCOC(C)(C)C)C2C(C3CCC(C(C)(C)C)CC3)CCCC21)C1C(C(C)C)CC2C(C3CCC(C(C)(C)C)CC3)CCCC21. The molecule has 6 saturated carbocycles. The van der Waals surface area contributed by atoms with Gasteiger partial charge in [-0.15, -0.1) is 0 Å². The maximum Gasteiger partial charge on any atom is 0.0603 e. The predicted octanol–water partition coefficient (Wildman–Crippen LogP) is 17.7. The molecule has 338 valence electrons. The van der Waals surface area contributed by atoms with E-state index in [1.54, 1.807) is 82.7 Å². The van der Waals surface area contributed by atoms with E-state index in [1.807, 2.05) is 0 Å². The van der Waals surface area contributed by atoms with Crippen LogP contribution in [0, 0.1) is 93.7 Å². The maximum absolute atomic E-state index is 6.16. The molecule has 2 heteroatoms. The van der Waals surface area contributed by atoms with Crippen LogP contribution in [-0.4, -0.2) is 20.3 Å². The van der Waals surface area contributed by atoms with Gasteiger partial charge in [0.2, 0.25) is 0 Å². The van der Waals surface area contributed by atoms with Crippen molar-refractivity contribution in [3.05, 3.63) is 0 Å². The van der Waals surface area contributed by atoms with E-state index in [9.17, 15) is 0 Å². The van der Waals surface area contributed by atoms with E-state index >= 15 is 0 Å². The van der Waals surface area contributed by atoms with Crippen LogP contribution in [0.15, 0.2) is 0 Å². The minimum absolute atomic E-state index is 0.00167. The first-order chi connectivity index (χ1) is 27.3. The molecule has 0 bridgehead atoms. The number of fused-ring (bicyclic) bond motifs is 2. The Labute approximate surface area is 365 Å². The molecule has 0 aromatic rings. The summed E-state index contributed by atoms with van der Waals surface area (Å²) in [6.07, 6.45) is 30.3. The van der Waals surface area contributed by atoms with Gasteiger partial charge in [0, 0.05) is 6.61 Å². The van der Waals surface area contributed by atoms with Crippen molar-refractivity contribution < 1.29 is 4.74 Å². The van der Waals surface area contributed by atoms with Gasteiger partial charge in [-0.3, -0.25) is 0 Å². The fourth-order valence-corrected chi connectivity index (χ4v) is 25.8. The molecular weight excluding hydrogens is 717 g/mol. The van der Waals surface area contributed by atoms with Crippen molar-refractivity contribution >= 4 is 8.07 Å². The Kier molecular flexibility index (Phi) is 16.0. The molecule has 11 unspecified atom stereocenters. The lowest BCUT2D eigenvalue weighted by atomic mass is 9.60. The molecule has 1 nitrogen and oxygen atoms in total. The van der Waals surface area contributed by atoms with Gasteiger partial charge in [-0.2, -0.15) is 0 Å². The molecule has 6 aliphatic rings. The number of rotatable bonds is 14. The molecule has 0 saturated heterocycles. The van der Waals surface area contributed by atoms with E-state index in [0.717, 1.165) is 101 Å². The zero-order valence-electron chi connectivity index (χ0n) is 41.9. The van der Waals surface area contributed by atoms with Gasteiger partial charge in [-0.1, -0.05) is 133 Å². The quantitative estimate of drug-likeness (QED) is 0.125. The summed E-state index contributed by atoms with van der Waals surface area (Å²) in [6, 6.07) is 3.17. The summed E-state index contributed by atoms with van der Waals surface area (Å²) in [7, 11) is -1.65. The summed E-state index contributed by atoms with van der Waals surface area (Å²) in [4.78, 5) is 0. The van der Waals surface area contributed by atoms with Crippen molar-refractivity contribution in [2.75, 3.05) is 6.61 Å². The van der Waals surface area contributed by atoms with Gasteiger partial charge in [-0.05, 0) is 209 Å². The van der Waals surface area contributed by atoms with Crippen LogP contribution in [0.2, 0.25) is 23.2 Å². The van der Waals surface area contributed by atoms with Crippen molar-refractivity contribution in [2.45, 2.75) is 254 Å². The molecule has 6 rings (SSSR count). The van der Waals surface area contributed by atoms with Gasteiger partial charge in [0.05, 0.1) is 13.7 Å². The maximum atomic E-state index is 6.16. The van der Waals surface area contributed by atoms with Gasteiger partial charge in [-0.25, -0.2) is 0 Å². The minimum Gasteiger partial charge on any atom is -0.376 e. The van der Waals surface area contributed by atoms with Crippen molar-refractivity contribution in [3.63, 3.8) is 0 Å². The summed E-state index contributed by atoms with van der Waals surface area (Å²) in [5.41, 5.74) is 3.15. The van der Waals surface area contributed by atoms with E-state index < -0.39 is 8.07 Å². The lowest BCUT2D eigenvalue weighted by molar-refractivity contribution is -0.00484. The fourth-order valence-electron chi connectivity index (χ4n) is 17.8. The van der Waals surface area contributed by atoms with Gasteiger partial charge in [0.15, 0.2) is 0 Å². The van der Waals surface area contributed by atoms with Gasteiger partial charge < -0.3 is 4.74 Å². The molecule has 0 heterocycles. The Balaban J connectivity index is 1.27. The second kappa shape index (κ2) is 19.5. The average Bonchev–Trinajstić information content (AvgIpc) is 3.71. The second-order valence-corrected chi connectivity index (χ2v) is 31.7. The summed E-state index contributed by atoms with van der Waals surface area (Å²) >= 11 is 0. The third-order valence-electron chi connectivity index (χ3n) is 20.6. The molecule has 0 aromatic heterocycles. The largest absolute Gasteiger partial charge is 0.376 e. The third-order valence-corrected chi connectivity index (χ3v) is 27.7. The number of hydrogen-bond acceptors (Lipinski definition) is 1. The first kappa shape index (κ1) is 47.7. The van der Waals surface area contributed by atoms with Crippen LogP contribution in [0.4, 0.5) is 0 Å². The van der Waals surface area contributed by atoms with Crippen molar-refractivity contribution in [3.8, 4) is 0 Å². The molecule has 0 radical (unpaired) electrons. The normalized spacial score (nSPS) is 40.5. The fraction of sp³-hybridized carbons (Fsp3) is 1.00. The highest BCUT2D eigenvalue weighted by Gasteiger charge is 2.65. The average molecular weight is 822 g/mol. The van der Waals surface area contributed by atoms with E-state index in [0.29, 0.717) is 10.8 Å². The Hall–Kier alpha value is 0.177. The zero-order chi connectivity index (χ0) is 42.2. The first-order valence-electron chi connectivity index (χ1n) is 27.0. The topological polar surface area (TPSA) is 9.23 Å². The van der Waals surface area contributed by atoms with Crippen molar-refractivity contribution in [1.82, 2.24) is 0 Å². The third kappa shape index (κ3) is 10.2. The van der Waals surface area contributed by atoms with E-state index in [2.05, 4.69) is 96.9 Å². The highest BCUT2D eigenvalue weighted by atomic mass is 28.3. The second-order valence-electron chi connectivity index (χ2n) is 26.5. The Bertz CT molecular complexity index is 1230. The molecule has 6 fully saturated rings. The van der Waals surface area contributed by atoms with Crippen LogP contribution in [0.1, 0.15) is 225 Å². The van der Waals surface area contributed by atoms with Crippen molar-refractivity contribution in [2.24, 2.45) is 93.7 Å². The lowest BCUT2D eigenvalue weighted by Crippen LogP contribution is -2.52. The predicted molar refractivity (Wildman–Crippen MR) is 257 cm³/mol. The number of hydrogen-bond donors (Lipinski definition) is 0. The van der Waals surface area contributed by atoms with Gasteiger partial charge in [0.1, 0.15) is 0 Å². The van der Waals surface area contributed by atoms with Crippen LogP contribution >= 0.6 is 0 Å². The molecule has 0 amide bonds. The molecule has 11 atom stereocenters. The Morgan fingerprint density at radius 1 is 0.552 bits per heavy atom. The standard InChI is InChI=1S/C56H104OSi/c1-15-58(16-2,53-47-26-21-24-45(50(47)37-49(53)38(3)4)40-28-32-42(33-29-40)54(6,7)8)52-39(5)44(23-19-17-18-20-36-57-56(12,13)14)51-46(25-22-27-48(51)52)41-30-34-43(35-31-41)55(9,10)11/h38-53H,15-37H2,1-14H3. The van der Waals surface area contributed by atoms with Gasteiger partial charge >= 0.3 is 0 Å². The molecule has 6 aliphatic carbocycles. The summed E-state index contributed by atoms with van der Waals surface area (Å²) in [5.74, 6) is 14.0. The summed E-state index contributed by atoms with van der Waals surface area (Å²) in [6.45, 7) is 36.7. The minimum atomic E-state index is -1.65. The number of unbranched alkanes of at least 4 members (excludes halogenated alkanes) is 3. The smallest absolute Gasteiger partial charge is 0.0603 e. The van der Waals surface area contributed by atoms with Crippen molar-refractivity contribution in [1.29, 1.82) is 0 Å². The Morgan fingerprint density at radius 3 is 1.57 bits per heavy atom. The van der Waals surface area contributed by atoms with E-state index in [-0.39, 0.29) is 5.60 Å². The van der Waals surface area contributed by atoms with Gasteiger partial charge in [0.25, 0.3) is 0 Å². The molecule has 0 aliphatic heterocycles. The lowest BCUT2D eigenvalue weighted by Gasteiger charge is -2.53. The highest BCUT2D eigenvalue weighted by molar-refractivity contribution is 6.82. The molecule has 0 spiro atoms. The molecule has 0 aromatic carbocycles. The zero-order valence-corrected chi connectivity index (χ0v) is 42.9. The van der Waals surface area contributed by atoms with Crippen LogP contribution < -0.4 is 0 Å². The molecule has 0 N–H and O–H groups in total. The highest BCUT2D eigenvalue weighted by Crippen LogP contribution is 2.71. The monoisotopic (exact) mass is 821 g/mol. The first-order valence-corrected chi connectivity index (χ1v) is 29.5. The van der Waals surface area contributed by atoms with Crippen LogP contribution in [0.3, 0.4) is 0 Å². The Morgan fingerprint density at radius 2 is 1.05 bits per heavy atom. The molecular formula is C56H104OSi. The van der Waals surface area contributed by atoms with E-state index in [1.165, 1.54) is 57.8 Å². The van der Waals surface area contributed by atoms with Crippen LogP contribution in [0.25, 0.3) is 0 Å². The summed E-state index contributed by atoms with van der Waals surface area (Å²) < 4.78 is 6.16. The number of ether oxygens (including phenoxy) is 1. The van der Waals surface area contributed by atoms with Crippen LogP contribution in [-0.2, 0) is 4.74 Å². The summed E-state index contributed by atoms with van der Waals surface area (Å²) in [5, 5.41) is 0.